The first-order chi connectivity index (χ1) is 10.8. The molecule has 0 aromatic carbocycles. The Kier molecular flexibility index (Phi) is 3.87. The lowest BCUT2D eigenvalue weighted by molar-refractivity contribution is -0.896. The number of aromatic nitrogens is 1. The van der Waals surface area contributed by atoms with E-state index in [0.717, 1.165) is 44.5 Å². The van der Waals surface area contributed by atoms with Crippen LogP contribution in [0, 0.1) is 0 Å². The van der Waals surface area contributed by atoms with E-state index in [9.17, 15) is 4.79 Å². The van der Waals surface area contributed by atoms with Gasteiger partial charge in [0.2, 0.25) is 0 Å². The highest BCUT2D eigenvalue weighted by Gasteiger charge is 2.27. The Balaban J connectivity index is 1.53. The summed E-state index contributed by atoms with van der Waals surface area (Å²) in [5.41, 5.74) is 6.32. The van der Waals surface area contributed by atoms with Gasteiger partial charge in [-0.15, -0.1) is 0 Å². The molecule has 1 fully saturated rings. The number of fused-ring (bicyclic) bond motifs is 2. The molecule has 2 aliphatic carbocycles. The second-order valence-corrected chi connectivity index (χ2v) is 7.08. The maximum Gasteiger partial charge on any atom is 0.279 e. The number of nitrogens with zero attached hydrogens (tertiary/aromatic N) is 1. The van der Waals surface area contributed by atoms with Crippen molar-refractivity contribution in [2.24, 2.45) is 0 Å². The minimum absolute atomic E-state index is 0.200. The van der Waals surface area contributed by atoms with Crippen molar-refractivity contribution < 1.29 is 9.69 Å². The van der Waals surface area contributed by atoms with Crippen LogP contribution in [0.15, 0.2) is 0 Å². The zero-order valence-electron chi connectivity index (χ0n) is 13.3. The maximum atomic E-state index is 12.5. The Bertz CT molecular complexity index is 558. The highest BCUT2D eigenvalue weighted by atomic mass is 16.2. The van der Waals surface area contributed by atoms with E-state index in [1.807, 2.05) is 0 Å². The Morgan fingerprint density at radius 1 is 0.909 bits per heavy atom. The molecule has 1 amide bonds. The number of nitrogens with one attached hydrogen (secondary N) is 2. The molecular formula is C18H26N3O+. The Morgan fingerprint density at radius 2 is 1.55 bits per heavy atom. The monoisotopic (exact) mass is 300 g/mol. The van der Waals surface area contributed by atoms with Crippen LogP contribution in [0.4, 0.5) is 5.69 Å². The molecule has 1 aromatic heterocycles. The molecule has 1 saturated heterocycles. The van der Waals surface area contributed by atoms with Gasteiger partial charge in [-0.25, -0.2) is 0 Å². The third kappa shape index (κ3) is 2.65. The van der Waals surface area contributed by atoms with Crippen LogP contribution < -0.4 is 10.2 Å². The summed E-state index contributed by atoms with van der Waals surface area (Å²) in [4.78, 5) is 18.8. The molecule has 4 heteroatoms. The van der Waals surface area contributed by atoms with E-state index in [0.29, 0.717) is 6.54 Å². The molecule has 0 bridgehead atoms. The lowest BCUT2D eigenvalue weighted by Crippen LogP contribution is -3.13. The first kappa shape index (κ1) is 14.2. The molecule has 2 N–H and O–H groups in total. The summed E-state index contributed by atoms with van der Waals surface area (Å²) < 4.78 is 0. The van der Waals surface area contributed by atoms with Gasteiger partial charge in [0.05, 0.1) is 18.8 Å². The summed E-state index contributed by atoms with van der Waals surface area (Å²) >= 11 is 0. The van der Waals surface area contributed by atoms with E-state index in [-0.39, 0.29) is 5.91 Å². The number of piperidine rings is 1. The van der Waals surface area contributed by atoms with Crippen molar-refractivity contribution >= 4 is 11.6 Å². The Hall–Kier alpha value is -1.42. The number of pyridine rings is 1. The minimum Gasteiger partial charge on any atom is -0.327 e. The number of rotatable bonds is 3. The van der Waals surface area contributed by atoms with Crippen molar-refractivity contribution in [3.63, 3.8) is 0 Å². The number of aryl methyl sites for hydroxylation is 2. The molecule has 0 saturated carbocycles. The standard InChI is InChI=1S/C18H25N3O/c22-17(12-21-10-2-1-3-11-21)20-18-13-6-4-8-15(13)19-16-9-5-7-14(16)18/h1-12H2,(H,19,20,22)/p+1. The average Bonchev–Trinajstić information content (AvgIpc) is 3.16. The van der Waals surface area contributed by atoms with E-state index < -0.39 is 0 Å². The molecule has 0 spiro atoms. The molecule has 1 aliphatic heterocycles. The molecule has 2 heterocycles. The minimum atomic E-state index is 0.200. The van der Waals surface area contributed by atoms with Crippen LogP contribution in [0.25, 0.3) is 0 Å². The van der Waals surface area contributed by atoms with Crippen LogP contribution in [-0.4, -0.2) is 30.5 Å². The van der Waals surface area contributed by atoms with E-state index in [4.69, 9.17) is 4.98 Å². The fourth-order valence-corrected chi connectivity index (χ4v) is 4.38. The number of carbonyl (C=O) groups is 1. The van der Waals surface area contributed by atoms with Gasteiger partial charge in [-0.05, 0) is 68.9 Å². The van der Waals surface area contributed by atoms with Crippen LogP contribution in [0.2, 0.25) is 0 Å². The summed E-state index contributed by atoms with van der Waals surface area (Å²) in [6.45, 7) is 2.94. The second kappa shape index (κ2) is 5.99. The van der Waals surface area contributed by atoms with Crippen molar-refractivity contribution in [3.05, 3.63) is 22.5 Å². The van der Waals surface area contributed by atoms with Gasteiger partial charge in [0, 0.05) is 11.4 Å². The summed E-state index contributed by atoms with van der Waals surface area (Å²) in [6, 6.07) is 0. The number of amides is 1. The maximum absolute atomic E-state index is 12.5. The normalized spacial score (nSPS) is 20.7. The van der Waals surface area contributed by atoms with Gasteiger partial charge >= 0.3 is 0 Å². The SMILES string of the molecule is O=C(C[NH+]1CCCCC1)Nc1c2c(nc3c1CCC3)CCC2. The van der Waals surface area contributed by atoms with Gasteiger partial charge in [0.25, 0.3) is 5.91 Å². The lowest BCUT2D eigenvalue weighted by atomic mass is 10.1. The smallest absolute Gasteiger partial charge is 0.279 e. The third-order valence-electron chi connectivity index (χ3n) is 5.49. The fraction of sp³-hybridized carbons (Fsp3) is 0.667. The lowest BCUT2D eigenvalue weighted by Gasteiger charge is -2.23. The Morgan fingerprint density at radius 3 is 2.18 bits per heavy atom. The van der Waals surface area contributed by atoms with Gasteiger partial charge < -0.3 is 10.2 Å². The summed E-state index contributed by atoms with van der Waals surface area (Å²) in [5, 5.41) is 3.29. The highest BCUT2D eigenvalue weighted by Crippen LogP contribution is 2.36. The quantitative estimate of drug-likeness (QED) is 0.877. The van der Waals surface area contributed by atoms with Crippen LogP contribution in [0.1, 0.15) is 54.6 Å². The fourth-order valence-electron chi connectivity index (χ4n) is 4.38. The van der Waals surface area contributed by atoms with E-state index in [1.165, 1.54) is 59.5 Å². The number of quaternary nitrogens is 1. The number of hydrogen-bond donors (Lipinski definition) is 2. The molecule has 0 atom stereocenters. The van der Waals surface area contributed by atoms with Gasteiger partial charge in [-0.1, -0.05) is 0 Å². The zero-order valence-corrected chi connectivity index (χ0v) is 13.3. The molecule has 118 valence electrons. The van der Waals surface area contributed by atoms with Gasteiger partial charge in [-0.3, -0.25) is 9.78 Å². The van der Waals surface area contributed by atoms with E-state index in [2.05, 4.69) is 5.32 Å². The molecular weight excluding hydrogens is 274 g/mol. The molecule has 22 heavy (non-hydrogen) atoms. The molecule has 3 aliphatic rings. The first-order valence-corrected chi connectivity index (χ1v) is 8.98. The predicted octanol–water partition coefficient (Wildman–Crippen LogP) is 1.07. The first-order valence-electron chi connectivity index (χ1n) is 8.98. The molecule has 0 unspecified atom stereocenters. The zero-order chi connectivity index (χ0) is 14.9. The third-order valence-corrected chi connectivity index (χ3v) is 5.49. The van der Waals surface area contributed by atoms with Crippen molar-refractivity contribution in [2.45, 2.75) is 57.8 Å². The highest BCUT2D eigenvalue weighted by molar-refractivity contribution is 5.93. The second-order valence-electron chi connectivity index (χ2n) is 7.08. The molecule has 4 nitrogen and oxygen atoms in total. The molecule has 1 aromatic rings. The van der Waals surface area contributed by atoms with Crippen molar-refractivity contribution in [1.82, 2.24) is 4.98 Å². The predicted molar refractivity (Wildman–Crippen MR) is 86.3 cm³/mol. The van der Waals surface area contributed by atoms with Crippen LogP contribution in [0.5, 0.6) is 0 Å². The van der Waals surface area contributed by atoms with Crippen LogP contribution in [0.3, 0.4) is 0 Å². The van der Waals surface area contributed by atoms with Crippen molar-refractivity contribution in [2.75, 3.05) is 25.0 Å². The van der Waals surface area contributed by atoms with Gasteiger partial charge in [0.1, 0.15) is 0 Å². The Labute approximate surface area is 132 Å². The number of hydrogen-bond acceptors (Lipinski definition) is 2. The summed E-state index contributed by atoms with van der Waals surface area (Å²) in [6.07, 6.45) is 10.6. The number of likely N-dealkylation sites (tertiary alicyclic amines) is 1. The van der Waals surface area contributed by atoms with Crippen molar-refractivity contribution in [3.8, 4) is 0 Å². The molecule has 4 rings (SSSR count). The van der Waals surface area contributed by atoms with Crippen LogP contribution >= 0.6 is 0 Å². The largest absolute Gasteiger partial charge is 0.327 e. The van der Waals surface area contributed by atoms with Gasteiger partial charge in [0.15, 0.2) is 6.54 Å². The van der Waals surface area contributed by atoms with E-state index >= 15 is 0 Å². The number of anilines is 1. The topological polar surface area (TPSA) is 46.4 Å². The average molecular weight is 300 g/mol. The van der Waals surface area contributed by atoms with Crippen LogP contribution in [-0.2, 0) is 30.5 Å². The van der Waals surface area contributed by atoms with Crippen molar-refractivity contribution in [1.29, 1.82) is 0 Å². The van der Waals surface area contributed by atoms with Gasteiger partial charge in [-0.2, -0.15) is 0 Å². The van der Waals surface area contributed by atoms with E-state index in [1.54, 1.807) is 0 Å². The summed E-state index contributed by atoms with van der Waals surface area (Å²) in [5.74, 6) is 0.200. The number of carbonyl (C=O) groups excluding carboxylic acids is 1. The molecule has 0 radical (unpaired) electrons. The summed E-state index contributed by atoms with van der Waals surface area (Å²) in [7, 11) is 0.